The number of nitro groups is 1. The Hall–Kier alpha value is -2.48. The molecule has 8 heteroatoms. The number of hydrogen-bond donors (Lipinski definition) is 1. The van der Waals surface area contributed by atoms with Gasteiger partial charge in [0.2, 0.25) is 11.8 Å². The molecule has 2 amide bonds. The van der Waals surface area contributed by atoms with E-state index < -0.39 is 4.92 Å². The van der Waals surface area contributed by atoms with Gasteiger partial charge >= 0.3 is 0 Å². The van der Waals surface area contributed by atoms with E-state index in [1.807, 2.05) is 9.80 Å². The monoisotopic (exact) mass is 318 g/mol. The van der Waals surface area contributed by atoms with Gasteiger partial charge in [0.25, 0.3) is 5.69 Å². The van der Waals surface area contributed by atoms with Gasteiger partial charge in [-0.1, -0.05) is 0 Å². The molecule has 2 saturated heterocycles. The van der Waals surface area contributed by atoms with Crippen LogP contribution < -0.4 is 5.32 Å². The average molecular weight is 318 g/mol. The van der Waals surface area contributed by atoms with Crippen LogP contribution in [0.3, 0.4) is 0 Å². The van der Waals surface area contributed by atoms with E-state index >= 15 is 0 Å². The summed E-state index contributed by atoms with van der Waals surface area (Å²) in [6.45, 7) is 2.35. The van der Waals surface area contributed by atoms with E-state index in [1.54, 1.807) is 0 Å². The number of nitrogens with one attached hydrogen (secondary N) is 1. The van der Waals surface area contributed by atoms with E-state index in [1.165, 1.54) is 24.3 Å². The zero-order valence-electron chi connectivity index (χ0n) is 12.6. The molecule has 1 atom stereocenters. The van der Waals surface area contributed by atoms with Crippen LogP contribution in [0.15, 0.2) is 24.3 Å². The largest absolute Gasteiger partial charge is 0.337 e. The molecule has 1 N–H and O–H groups in total. The third kappa shape index (κ3) is 3.48. The van der Waals surface area contributed by atoms with E-state index in [-0.39, 0.29) is 30.1 Å². The first-order valence-electron chi connectivity index (χ1n) is 7.59. The number of benzene rings is 1. The molecule has 3 rings (SSSR count). The Morgan fingerprint density at radius 1 is 1.30 bits per heavy atom. The second kappa shape index (κ2) is 6.33. The normalized spacial score (nSPS) is 21.1. The second-order valence-electron chi connectivity index (χ2n) is 5.87. The molecule has 1 aromatic carbocycles. The molecule has 8 nitrogen and oxygen atoms in total. The van der Waals surface area contributed by atoms with Crippen LogP contribution in [0.1, 0.15) is 12.8 Å². The predicted octanol–water partition coefficient (Wildman–Crippen LogP) is 0.840. The van der Waals surface area contributed by atoms with Gasteiger partial charge in [0, 0.05) is 49.9 Å². The number of piperazine rings is 1. The number of fused-ring (bicyclic) bond motifs is 1. The van der Waals surface area contributed by atoms with Crippen LogP contribution in [0.4, 0.5) is 11.4 Å². The van der Waals surface area contributed by atoms with E-state index in [9.17, 15) is 19.7 Å². The summed E-state index contributed by atoms with van der Waals surface area (Å²) in [4.78, 5) is 37.8. The SMILES string of the molecule is O=C(CN1CCN2C(=O)CC[C@H]2C1)Nc1ccc([N+](=O)[O-])cc1. The van der Waals surface area contributed by atoms with Gasteiger partial charge in [-0.25, -0.2) is 0 Å². The molecule has 122 valence electrons. The molecular weight excluding hydrogens is 300 g/mol. The van der Waals surface area contributed by atoms with Crippen molar-refractivity contribution >= 4 is 23.2 Å². The lowest BCUT2D eigenvalue weighted by Gasteiger charge is -2.37. The van der Waals surface area contributed by atoms with Gasteiger partial charge in [0.05, 0.1) is 11.5 Å². The van der Waals surface area contributed by atoms with Crippen LogP contribution in [0.25, 0.3) is 0 Å². The smallest absolute Gasteiger partial charge is 0.269 e. The summed E-state index contributed by atoms with van der Waals surface area (Å²) in [6.07, 6.45) is 1.47. The van der Waals surface area contributed by atoms with Crippen LogP contribution in [0.2, 0.25) is 0 Å². The van der Waals surface area contributed by atoms with Crippen molar-refractivity contribution in [2.45, 2.75) is 18.9 Å². The Morgan fingerprint density at radius 2 is 2.04 bits per heavy atom. The van der Waals surface area contributed by atoms with E-state index in [4.69, 9.17) is 0 Å². The van der Waals surface area contributed by atoms with Crippen LogP contribution in [-0.2, 0) is 9.59 Å². The molecule has 2 aliphatic rings. The zero-order chi connectivity index (χ0) is 16.4. The zero-order valence-corrected chi connectivity index (χ0v) is 12.6. The topological polar surface area (TPSA) is 95.8 Å². The van der Waals surface area contributed by atoms with Crippen LogP contribution >= 0.6 is 0 Å². The number of anilines is 1. The molecule has 2 aliphatic heterocycles. The maximum atomic E-state index is 12.1. The summed E-state index contributed by atoms with van der Waals surface area (Å²) < 4.78 is 0. The molecule has 0 aromatic heterocycles. The molecule has 0 bridgehead atoms. The fourth-order valence-corrected chi connectivity index (χ4v) is 3.14. The second-order valence-corrected chi connectivity index (χ2v) is 5.87. The summed E-state index contributed by atoms with van der Waals surface area (Å²) in [7, 11) is 0. The Balaban J connectivity index is 1.51. The lowest BCUT2D eigenvalue weighted by molar-refractivity contribution is -0.384. The first kappa shape index (κ1) is 15.4. The fourth-order valence-electron chi connectivity index (χ4n) is 3.14. The number of non-ortho nitro benzene ring substituents is 1. The Bertz CT molecular complexity index is 631. The minimum atomic E-state index is -0.478. The molecule has 2 fully saturated rings. The lowest BCUT2D eigenvalue weighted by atomic mass is 10.1. The Morgan fingerprint density at radius 3 is 2.74 bits per heavy atom. The maximum Gasteiger partial charge on any atom is 0.269 e. The van der Waals surface area contributed by atoms with Gasteiger partial charge in [-0.15, -0.1) is 0 Å². The first-order valence-corrected chi connectivity index (χ1v) is 7.59. The predicted molar refractivity (Wildman–Crippen MR) is 82.9 cm³/mol. The molecule has 0 aliphatic carbocycles. The van der Waals surface area contributed by atoms with E-state index in [0.29, 0.717) is 25.2 Å². The maximum absolute atomic E-state index is 12.1. The van der Waals surface area contributed by atoms with Crippen molar-refractivity contribution < 1.29 is 14.5 Å². The molecule has 1 aromatic rings. The van der Waals surface area contributed by atoms with Gasteiger partial charge in [0.15, 0.2) is 0 Å². The third-order valence-electron chi connectivity index (χ3n) is 4.31. The van der Waals surface area contributed by atoms with Crippen molar-refractivity contribution in [2.75, 3.05) is 31.5 Å². The molecule has 2 heterocycles. The van der Waals surface area contributed by atoms with Crippen LogP contribution in [-0.4, -0.2) is 58.8 Å². The minimum absolute atomic E-state index is 0.00924. The summed E-state index contributed by atoms with van der Waals surface area (Å²) >= 11 is 0. The number of amides is 2. The van der Waals surface area contributed by atoms with Gasteiger partial charge in [-0.2, -0.15) is 0 Å². The average Bonchev–Trinajstić information content (AvgIpc) is 2.88. The lowest BCUT2D eigenvalue weighted by Crippen LogP contribution is -2.52. The van der Waals surface area contributed by atoms with E-state index in [0.717, 1.165) is 13.0 Å². The van der Waals surface area contributed by atoms with Gasteiger partial charge < -0.3 is 10.2 Å². The number of hydrogen-bond acceptors (Lipinski definition) is 5. The summed E-state index contributed by atoms with van der Waals surface area (Å²) in [6, 6.07) is 5.98. The Kier molecular flexibility index (Phi) is 4.24. The number of nitro benzene ring substituents is 1. The van der Waals surface area contributed by atoms with Gasteiger partial charge in [0.1, 0.15) is 0 Å². The molecular formula is C15H18N4O4. The van der Waals surface area contributed by atoms with Crippen molar-refractivity contribution in [3.63, 3.8) is 0 Å². The highest BCUT2D eigenvalue weighted by Crippen LogP contribution is 2.22. The number of carbonyl (C=O) groups is 2. The quantitative estimate of drug-likeness (QED) is 0.655. The highest BCUT2D eigenvalue weighted by atomic mass is 16.6. The van der Waals surface area contributed by atoms with Crippen molar-refractivity contribution in [1.82, 2.24) is 9.80 Å². The first-order chi connectivity index (χ1) is 11.0. The Labute approximate surface area is 133 Å². The third-order valence-corrected chi connectivity index (χ3v) is 4.31. The number of nitrogens with zero attached hydrogens (tertiary/aromatic N) is 3. The summed E-state index contributed by atoms with van der Waals surface area (Å²) in [5.41, 5.74) is 0.528. The van der Waals surface area contributed by atoms with Crippen molar-refractivity contribution in [2.24, 2.45) is 0 Å². The highest BCUT2D eigenvalue weighted by molar-refractivity contribution is 5.92. The van der Waals surface area contributed by atoms with Crippen molar-refractivity contribution in [3.05, 3.63) is 34.4 Å². The standard InChI is InChI=1S/C15H18N4O4/c20-14(16-11-1-3-12(4-2-11)19(22)23)10-17-7-8-18-13(9-17)5-6-15(18)21/h1-4,13H,5-10H2,(H,16,20)/t13-/m0/s1. The fraction of sp³-hybridized carbons (Fsp3) is 0.467. The summed E-state index contributed by atoms with van der Waals surface area (Å²) in [5.74, 6) is 0.0570. The molecule has 23 heavy (non-hydrogen) atoms. The molecule has 0 unspecified atom stereocenters. The van der Waals surface area contributed by atoms with Crippen LogP contribution in [0.5, 0.6) is 0 Å². The van der Waals surface area contributed by atoms with Crippen LogP contribution in [0, 0.1) is 10.1 Å². The van der Waals surface area contributed by atoms with Gasteiger partial charge in [-0.05, 0) is 18.6 Å². The highest BCUT2D eigenvalue weighted by Gasteiger charge is 2.35. The van der Waals surface area contributed by atoms with Gasteiger partial charge in [-0.3, -0.25) is 24.6 Å². The van der Waals surface area contributed by atoms with Crippen molar-refractivity contribution in [3.8, 4) is 0 Å². The number of carbonyl (C=O) groups excluding carboxylic acids is 2. The van der Waals surface area contributed by atoms with Crippen molar-refractivity contribution in [1.29, 1.82) is 0 Å². The molecule has 0 saturated carbocycles. The molecule has 0 spiro atoms. The molecule has 0 radical (unpaired) electrons. The minimum Gasteiger partial charge on any atom is -0.337 e. The number of rotatable bonds is 4. The van der Waals surface area contributed by atoms with E-state index in [2.05, 4.69) is 5.32 Å². The summed E-state index contributed by atoms with van der Waals surface area (Å²) in [5, 5.41) is 13.3.